The SMILES string of the molecule is O=C(Cc1ccc(F)cc1)Nc1ccc(Nc2cc(Cl)cc(Cl)c2)nc1. The van der Waals surface area contributed by atoms with Crippen LogP contribution < -0.4 is 10.6 Å². The molecule has 0 bridgehead atoms. The van der Waals surface area contributed by atoms with Gasteiger partial charge in [-0.05, 0) is 48.0 Å². The lowest BCUT2D eigenvalue weighted by atomic mass is 10.1. The zero-order valence-corrected chi connectivity index (χ0v) is 15.0. The third kappa shape index (κ3) is 5.18. The van der Waals surface area contributed by atoms with Crippen LogP contribution in [0, 0.1) is 5.82 Å². The summed E-state index contributed by atoms with van der Waals surface area (Å²) in [6.45, 7) is 0. The Labute approximate surface area is 160 Å². The summed E-state index contributed by atoms with van der Waals surface area (Å²) in [6, 6.07) is 14.4. The summed E-state index contributed by atoms with van der Waals surface area (Å²) in [5.41, 5.74) is 2.00. The molecule has 3 rings (SSSR count). The van der Waals surface area contributed by atoms with Gasteiger partial charge >= 0.3 is 0 Å². The topological polar surface area (TPSA) is 54.0 Å². The molecule has 0 radical (unpaired) electrons. The molecule has 1 heterocycles. The number of hydrogen-bond donors (Lipinski definition) is 2. The Morgan fingerprint density at radius 1 is 0.962 bits per heavy atom. The number of halogens is 3. The second-order valence-electron chi connectivity index (χ2n) is 5.57. The van der Waals surface area contributed by atoms with Gasteiger partial charge in [-0.15, -0.1) is 0 Å². The number of nitrogens with one attached hydrogen (secondary N) is 2. The largest absolute Gasteiger partial charge is 0.340 e. The van der Waals surface area contributed by atoms with Crippen LogP contribution in [0.25, 0.3) is 0 Å². The van der Waals surface area contributed by atoms with E-state index in [1.165, 1.54) is 18.3 Å². The van der Waals surface area contributed by atoms with Crippen molar-refractivity contribution in [3.8, 4) is 0 Å². The maximum Gasteiger partial charge on any atom is 0.228 e. The van der Waals surface area contributed by atoms with Crippen LogP contribution in [-0.2, 0) is 11.2 Å². The van der Waals surface area contributed by atoms with Crippen molar-refractivity contribution >= 4 is 46.3 Å². The van der Waals surface area contributed by atoms with Gasteiger partial charge in [0.1, 0.15) is 11.6 Å². The van der Waals surface area contributed by atoms with Crippen molar-refractivity contribution in [3.63, 3.8) is 0 Å². The minimum Gasteiger partial charge on any atom is -0.340 e. The molecule has 4 nitrogen and oxygen atoms in total. The van der Waals surface area contributed by atoms with Gasteiger partial charge < -0.3 is 10.6 Å². The van der Waals surface area contributed by atoms with Crippen LogP contribution in [0.15, 0.2) is 60.8 Å². The van der Waals surface area contributed by atoms with E-state index in [4.69, 9.17) is 23.2 Å². The van der Waals surface area contributed by atoms with E-state index in [0.717, 1.165) is 5.56 Å². The van der Waals surface area contributed by atoms with Crippen LogP contribution >= 0.6 is 23.2 Å². The summed E-state index contributed by atoms with van der Waals surface area (Å²) in [5, 5.41) is 6.87. The summed E-state index contributed by atoms with van der Waals surface area (Å²) >= 11 is 11.9. The second kappa shape index (κ2) is 8.17. The maximum absolute atomic E-state index is 12.9. The van der Waals surface area contributed by atoms with Gasteiger partial charge in [0.05, 0.1) is 18.3 Å². The number of hydrogen-bond acceptors (Lipinski definition) is 3. The van der Waals surface area contributed by atoms with Gasteiger partial charge in [0.2, 0.25) is 5.91 Å². The average Bonchev–Trinajstić information content (AvgIpc) is 2.58. The van der Waals surface area contributed by atoms with Crippen LogP contribution in [0.1, 0.15) is 5.56 Å². The summed E-state index contributed by atoms with van der Waals surface area (Å²) in [6.07, 6.45) is 1.69. The molecule has 0 saturated carbocycles. The minimum absolute atomic E-state index is 0.154. The molecule has 0 aliphatic rings. The van der Waals surface area contributed by atoms with E-state index in [1.54, 1.807) is 42.5 Å². The minimum atomic E-state index is -0.331. The van der Waals surface area contributed by atoms with Crippen molar-refractivity contribution in [2.24, 2.45) is 0 Å². The number of aromatic nitrogens is 1. The van der Waals surface area contributed by atoms with Crippen LogP contribution in [-0.4, -0.2) is 10.9 Å². The Morgan fingerprint density at radius 2 is 1.65 bits per heavy atom. The van der Waals surface area contributed by atoms with Crippen molar-refractivity contribution in [2.75, 3.05) is 10.6 Å². The van der Waals surface area contributed by atoms with Crippen LogP contribution in [0.2, 0.25) is 10.0 Å². The third-order valence-electron chi connectivity index (χ3n) is 3.46. The highest BCUT2D eigenvalue weighted by molar-refractivity contribution is 6.35. The first-order valence-electron chi connectivity index (χ1n) is 7.71. The first kappa shape index (κ1) is 18.2. The number of carbonyl (C=O) groups excluding carboxylic acids is 1. The molecule has 1 aromatic heterocycles. The predicted octanol–water partition coefficient (Wildman–Crippen LogP) is 5.45. The van der Waals surface area contributed by atoms with E-state index >= 15 is 0 Å². The van der Waals surface area contributed by atoms with Gasteiger partial charge in [-0.3, -0.25) is 4.79 Å². The molecule has 0 unspecified atom stereocenters. The first-order valence-corrected chi connectivity index (χ1v) is 8.47. The molecule has 0 aliphatic heterocycles. The molecular formula is C19H14Cl2FN3O. The zero-order valence-electron chi connectivity index (χ0n) is 13.5. The molecule has 0 spiro atoms. The Balaban J connectivity index is 1.60. The molecular weight excluding hydrogens is 376 g/mol. The number of benzene rings is 2. The summed E-state index contributed by atoms with van der Waals surface area (Å²) in [7, 11) is 0. The molecule has 7 heteroatoms. The fourth-order valence-corrected chi connectivity index (χ4v) is 2.83. The molecule has 0 saturated heterocycles. The number of anilines is 3. The van der Waals surface area contributed by atoms with Gasteiger partial charge in [0.25, 0.3) is 0 Å². The fourth-order valence-electron chi connectivity index (χ4n) is 2.31. The van der Waals surface area contributed by atoms with Crippen molar-refractivity contribution < 1.29 is 9.18 Å². The van der Waals surface area contributed by atoms with Gasteiger partial charge in [-0.1, -0.05) is 35.3 Å². The highest BCUT2D eigenvalue weighted by atomic mass is 35.5. The van der Waals surface area contributed by atoms with Crippen LogP contribution in [0.5, 0.6) is 0 Å². The van der Waals surface area contributed by atoms with Crippen molar-refractivity contribution in [1.29, 1.82) is 0 Å². The van der Waals surface area contributed by atoms with Crippen LogP contribution in [0.4, 0.5) is 21.6 Å². The summed E-state index contributed by atoms with van der Waals surface area (Å²) < 4.78 is 12.9. The lowest BCUT2D eigenvalue weighted by Crippen LogP contribution is -2.14. The van der Waals surface area contributed by atoms with E-state index in [0.29, 0.717) is 27.2 Å². The first-order chi connectivity index (χ1) is 12.5. The molecule has 2 N–H and O–H groups in total. The molecule has 2 aromatic carbocycles. The van der Waals surface area contributed by atoms with Gasteiger partial charge in [0.15, 0.2) is 0 Å². The summed E-state index contributed by atoms with van der Waals surface area (Å²) in [4.78, 5) is 16.3. The molecule has 0 fully saturated rings. The second-order valence-corrected chi connectivity index (χ2v) is 6.44. The van der Waals surface area contributed by atoms with Crippen LogP contribution in [0.3, 0.4) is 0 Å². The highest BCUT2D eigenvalue weighted by Gasteiger charge is 2.06. The quantitative estimate of drug-likeness (QED) is 0.609. The number of nitrogens with zero attached hydrogens (tertiary/aromatic N) is 1. The van der Waals surface area contributed by atoms with E-state index in [1.807, 2.05) is 0 Å². The standard InChI is InChI=1S/C19H14Cl2FN3O/c20-13-8-14(21)10-17(9-13)24-18-6-5-16(11-23-18)25-19(26)7-12-1-3-15(22)4-2-12/h1-6,8-11H,7H2,(H,23,24)(H,25,26). The molecule has 1 amide bonds. The van der Waals surface area contributed by atoms with E-state index < -0.39 is 0 Å². The van der Waals surface area contributed by atoms with E-state index in [-0.39, 0.29) is 18.1 Å². The molecule has 0 atom stereocenters. The maximum atomic E-state index is 12.9. The normalized spacial score (nSPS) is 10.4. The highest BCUT2D eigenvalue weighted by Crippen LogP contribution is 2.25. The average molecular weight is 390 g/mol. The Hall–Kier alpha value is -2.63. The third-order valence-corrected chi connectivity index (χ3v) is 3.90. The van der Waals surface area contributed by atoms with Crippen molar-refractivity contribution in [1.82, 2.24) is 4.98 Å². The summed E-state index contributed by atoms with van der Waals surface area (Å²) in [5.74, 6) is 0.0445. The molecule has 26 heavy (non-hydrogen) atoms. The lowest BCUT2D eigenvalue weighted by Gasteiger charge is -2.09. The Kier molecular flexibility index (Phi) is 5.71. The predicted molar refractivity (Wildman–Crippen MR) is 103 cm³/mol. The van der Waals surface area contributed by atoms with Gasteiger partial charge in [-0.2, -0.15) is 0 Å². The van der Waals surface area contributed by atoms with E-state index in [2.05, 4.69) is 15.6 Å². The number of rotatable bonds is 5. The fraction of sp³-hybridized carbons (Fsp3) is 0.0526. The Bertz CT molecular complexity index is 895. The zero-order chi connectivity index (χ0) is 18.5. The van der Waals surface area contributed by atoms with E-state index in [9.17, 15) is 9.18 Å². The molecule has 132 valence electrons. The Morgan fingerprint density at radius 3 is 2.27 bits per heavy atom. The molecule has 3 aromatic rings. The van der Waals surface area contributed by atoms with Crippen molar-refractivity contribution in [2.45, 2.75) is 6.42 Å². The number of carbonyl (C=O) groups is 1. The smallest absolute Gasteiger partial charge is 0.228 e. The van der Waals surface area contributed by atoms with Gasteiger partial charge in [0, 0.05) is 15.7 Å². The van der Waals surface area contributed by atoms with Crippen molar-refractivity contribution in [3.05, 3.63) is 82.2 Å². The lowest BCUT2D eigenvalue weighted by molar-refractivity contribution is -0.115. The number of amides is 1. The number of pyridine rings is 1. The molecule has 0 aliphatic carbocycles. The monoisotopic (exact) mass is 389 g/mol. The van der Waals surface area contributed by atoms with Gasteiger partial charge in [-0.25, -0.2) is 9.37 Å².